The molecule has 4 nitrogen and oxygen atoms in total. The highest BCUT2D eigenvalue weighted by atomic mass is 19.4. The SMILES string of the molecule is CC(CCC(C)c1ccnc(C(F)(F)F)n1)c1cc(C(F)F)ncn1. The van der Waals surface area contributed by atoms with E-state index in [0.717, 1.165) is 12.5 Å². The predicted molar refractivity (Wildman–Crippen MR) is 80.1 cm³/mol. The second-order valence-electron chi connectivity index (χ2n) is 5.85. The van der Waals surface area contributed by atoms with Crippen LogP contribution >= 0.6 is 0 Å². The highest BCUT2D eigenvalue weighted by Crippen LogP contribution is 2.30. The molecular weight excluding hydrogens is 343 g/mol. The van der Waals surface area contributed by atoms with E-state index < -0.39 is 18.4 Å². The first-order chi connectivity index (χ1) is 11.7. The molecular formula is C16H17F5N4. The maximum atomic E-state index is 12.7. The predicted octanol–water partition coefficient (Wildman–Crippen LogP) is 4.91. The Labute approximate surface area is 141 Å². The Morgan fingerprint density at radius 3 is 2.12 bits per heavy atom. The van der Waals surface area contributed by atoms with Gasteiger partial charge in [0.2, 0.25) is 5.82 Å². The number of hydrogen-bond acceptors (Lipinski definition) is 4. The highest BCUT2D eigenvalue weighted by Gasteiger charge is 2.34. The van der Waals surface area contributed by atoms with Crippen molar-refractivity contribution in [2.45, 2.75) is 51.1 Å². The number of aromatic nitrogens is 4. The Hall–Kier alpha value is -2.19. The van der Waals surface area contributed by atoms with E-state index in [9.17, 15) is 22.0 Å². The van der Waals surface area contributed by atoms with Crippen molar-refractivity contribution in [2.75, 3.05) is 0 Å². The molecule has 0 fully saturated rings. The minimum absolute atomic E-state index is 0.133. The van der Waals surface area contributed by atoms with Crippen molar-refractivity contribution in [2.24, 2.45) is 0 Å². The van der Waals surface area contributed by atoms with E-state index in [-0.39, 0.29) is 17.5 Å². The van der Waals surface area contributed by atoms with Crippen molar-refractivity contribution in [3.05, 3.63) is 47.6 Å². The molecule has 0 aliphatic carbocycles. The van der Waals surface area contributed by atoms with E-state index in [0.29, 0.717) is 24.2 Å². The largest absolute Gasteiger partial charge is 0.451 e. The summed E-state index contributed by atoms with van der Waals surface area (Å²) in [5.74, 6) is -1.53. The van der Waals surface area contributed by atoms with Gasteiger partial charge in [-0.2, -0.15) is 13.2 Å². The molecule has 2 atom stereocenters. The van der Waals surface area contributed by atoms with Crippen LogP contribution in [0.15, 0.2) is 24.7 Å². The van der Waals surface area contributed by atoms with E-state index in [1.165, 1.54) is 12.1 Å². The normalized spacial score (nSPS) is 14.6. The van der Waals surface area contributed by atoms with Gasteiger partial charge in [0, 0.05) is 17.6 Å². The van der Waals surface area contributed by atoms with Crippen LogP contribution in [0.5, 0.6) is 0 Å². The van der Waals surface area contributed by atoms with Gasteiger partial charge < -0.3 is 0 Å². The summed E-state index contributed by atoms with van der Waals surface area (Å²) >= 11 is 0. The van der Waals surface area contributed by atoms with Crippen LogP contribution in [0.2, 0.25) is 0 Å². The lowest BCUT2D eigenvalue weighted by Gasteiger charge is -2.16. The van der Waals surface area contributed by atoms with Gasteiger partial charge >= 0.3 is 6.18 Å². The van der Waals surface area contributed by atoms with Gasteiger partial charge in [-0.1, -0.05) is 13.8 Å². The van der Waals surface area contributed by atoms with Crippen LogP contribution in [0, 0.1) is 0 Å². The second kappa shape index (κ2) is 7.79. The maximum Gasteiger partial charge on any atom is 0.451 e. The molecule has 0 aliphatic heterocycles. The summed E-state index contributed by atoms with van der Waals surface area (Å²) < 4.78 is 63.4. The first kappa shape index (κ1) is 19.1. The minimum Gasteiger partial charge on any atom is -0.241 e. The van der Waals surface area contributed by atoms with Crippen molar-refractivity contribution < 1.29 is 22.0 Å². The summed E-state index contributed by atoms with van der Waals surface area (Å²) in [5, 5.41) is 0. The van der Waals surface area contributed by atoms with Crippen molar-refractivity contribution in [3.63, 3.8) is 0 Å². The van der Waals surface area contributed by atoms with Crippen molar-refractivity contribution in [1.29, 1.82) is 0 Å². The molecule has 2 aromatic rings. The van der Waals surface area contributed by atoms with Gasteiger partial charge in [0.05, 0.1) is 0 Å². The quantitative estimate of drug-likeness (QED) is 0.687. The standard InChI is InChI=1S/C16H17F5N4/c1-9(11-5-6-22-15(25-11)16(19,20)21)3-4-10(2)12-7-13(14(17)18)24-8-23-12/h5-10,14H,3-4H2,1-2H3. The number of halogens is 5. The zero-order valence-electron chi connectivity index (χ0n) is 13.6. The molecule has 0 N–H and O–H groups in total. The summed E-state index contributed by atoms with van der Waals surface area (Å²) in [5.41, 5.74) is 0.442. The van der Waals surface area contributed by atoms with Gasteiger partial charge in [-0.15, -0.1) is 0 Å². The molecule has 2 unspecified atom stereocenters. The Morgan fingerprint density at radius 2 is 1.52 bits per heavy atom. The monoisotopic (exact) mass is 360 g/mol. The number of hydrogen-bond donors (Lipinski definition) is 0. The average molecular weight is 360 g/mol. The van der Waals surface area contributed by atoms with Crippen LogP contribution in [0.1, 0.15) is 67.9 Å². The lowest BCUT2D eigenvalue weighted by molar-refractivity contribution is -0.145. The van der Waals surface area contributed by atoms with Crippen LogP contribution in [0.4, 0.5) is 22.0 Å². The van der Waals surface area contributed by atoms with Crippen LogP contribution in [-0.4, -0.2) is 19.9 Å². The zero-order valence-corrected chi connectivity index (χ0v) is 13.6. The van der Waals surface area contributed by atoms with E-state index in [4.69, 9.17) is 0 Å². The molecule has 2 aromatic heterocycles. The molecule has 25 heavy (non-hydrogen) atoms. The Morgan fingerprint density at radius 1 is 0.920 bits per heavy atom. The molecule has 0 aliphatic rings. The lowest BCUT2D eigenvalue weighted by Crippen LogP contribution is -2.13. The van der Waals surface area contributed by atoms with Gasteiger partial charge in [-0.05, 0) is 36.8 Å². The number of alkyl halides is 5. The van der Waals surface area contributed by atoms with Gasteiger partial charge in [-0.25, -0.2) is 28.7 Å². The summed E-state index contributed by atoms with van der Waals surface area (Å²) in [6.45, 7) is 3.59. The summed E-state index contributed by atoms with van der Waals surface area (Å²) in [6, 6.07) is 2.70. The first-order valence-corrected chi connectivity index (χ1v) is 7.68. The van der Waals surface area contributed by atoms with Crippen LogP contribution in [0.25, 0.3) is 0 Å². The molecule has 0 amide bonds. The molecule has 136 valence electrons. The van der Waals surface area contributed by atoms with Crippen LogP contribution in [0.3, 0.4) is 0 Å². The molecule has 0 bridgehead atoms. The fraction of sp³-hybridized carbons (Fsp3) is 0.500. The summed E-state index contributed by atoms with van der Waals surface area (Å²) in [4.78, 5) is 14.3. The third kappa shape index (κ3) is 5.14. The van der Waals surface area contributed by atoms with E-state index in [1.54, 1.807) is 6.92 Å². The van der Waals surface area contributed by atoms with Gasteiger partial charge in [-0.3, -0.25) is 0 Å². The highest BCUT2D eigenvalue weighted by molar-refractivity contribution is 5.14. The third-order valence-electron chi connectivity index (χ3n) is 3.91. The van der Waals surface area contributed by atoms with Gasteiger partial charge in [0.25, 0.3) is 6.43 Å². The molecule has 0 saturated heterocycles. The fourth-order valence-electron chi connectivity index (χ4n) is 2.36. The topological polar surface area (TPSA) is 51.6 Å². The molecule has 0 aromatic carbocycles. The van der Waals surface area contributed by atoms with E-state index >= 15 is 0 Å². The second-order valence-corrected chi connectivity index (χ2v) is 5.85. The van der Waals surface area contributed by atoms with Gasteiger partial charge in [0.1, 0.15) is 12.0 Å². The van der Waals surface area contributed by atoms with E-state index in [1.807, 2.05) is 6.92 Å². The maximum absolute atomic E-state index is 12.7. The number of nitrogens with zero attached hydrogens (tertiary/aromatic N) is 4. The molecule has 2 heterocycles. The minimum atomic E-state index is -4.59. The smallest absolute Gasteiger partial charge is 0.241 e. The van der Waals surface area contributed by atoms with Crippen LogP contribution in [-0.2, 0) is 6.18 Å². The summed E-state index contributed by atoms with van der Waals surface area (Å²) in [6.07, 6.45) is -3.98. The fourth-order valence-corrected chi connectivity index (χ4v) is 2.36. The third-order valence-corrected chi connectivity index (χ3v) is 3.91. The van der Waals surface area contributed by atoms with Crippen molar-refractivity contribution in [3.8, 4) is 0 Å². The molecule has 9 heteroatoms. The molecule has 2 rings (SSSR count). The lowest BCUT2D eigenvalue weighted by atomic mass is 9.93. The van der Waals surface area contributed by atoms with E-state index in [2.05, 4.69) is 19.9 Å². The Balaban J connectivity index is 2.02. The Kier molecular flexibility index (Phi) is 5.97. The van der Waals surface area contributed by atoms with Crippen molar-refractivity contribution in [1.82, 2.24) is 19.9 Å². The zero-order chi connectivity index (χ0) is 18.6. The van der Waals surface area contributed by atoms with Crippen molar-refractivity contribution >= 4 is 0 Å². The average Bonchev–Trinajstić information content (AvgIpc) is 2.58. The van der Waals surface area contributed by atoms with Crippen LogP contribution < -0.4 is 0 Å². The Bertz CT molecular complexity index is 705. The number of rotatable bonds is 6. The first-order valence-electron chi connectivity index (χ1n) is 7.68. The van der Waals surface area contributed by atoms with Gasteiger partial charge in [0.15, 0.2) is 0 Å². The summed E-state index contributed by atoms with van der Waals surface area (Å²) in [7, 11) is 0. The molecule has 0 spiro atoms. The molecule has 0 saturated carbocycles. The molecule has 0 radical (unpaired) electrons.